The first kappa shape index (κ1) is 16.3. The zero-order valence-corrected chi connectivity index (χ0v) is 14.2. The van der Waals surface area contributed by atoms with Crippen molar-refractivity contribution in [3.05, 3.63) is 24.3 Å². The van der Waals surface area contributed by atoms with Crippen molar-refractivity contribution in [3.8, 4) is 0 Å². The molecule has 2 saturated heterocycles. The average Bonchev–Trinajstić information content (AvgIpc) is 2.54. The summed E-state index contributed by atoms with van der Waals surface area (Å²) in [6, 6.07) is 6.76. The molecule has 0 aliphatic carbocycles. The van der Waals surface area contributed by atoms with Crippen LogP contribution in [-0.4, -0.2) is 62.7 Å². The number of benzene rings is 1. The van der Waals surface area contributed by atoms with Crippen molar-refractivity contribution in [2.45, 2.75) is 30.2 Å². The van der Waals surface area contributed by atoms with Crippen LogP contribution in [0.2, 0.25) is 0 Å². The van der Waals surface area contributed by atoms with Crippen LogP contribution >= 0.6 is 0 Å². The zero-order chi connectivity index (χ0) is 16.4. The van der Waals surface area contributed by atoms with Gasteiger partial charge in [-0.1, -0.05) is 18.6 Å². The zero-order valence-electron chi connectivity index (χ0n) is 13.4. The number of rotatable bonds is 2. The molecular formula is C16H23N3O3S. The average molecular weight is 337 g/mol. The Balaban J connectivity index is 1.70. The number of nitrogens with zero attached hydrogens (tertiary/aromatic N) is 2. The first-order chi connectivity index (χ1) is 10.9. The van der Waals surface area contributed by atoms with E-state index in [0.29, 0.717) is 24.8 Å². The molecule has 126 valence electrons. The second kappa shape index (κ2) is 6.49. The van der Waals surface area contributed by atoms with E-state index < -0.39 is 9.84 Å². The van der Waals surface area contributed by atoms with Crippen molar-refractivity contribution >= 4 is 21.6 Å². The molecule has 1 atom stereocenters. The fourth-order valence-corrected chi connectivity index (χ4v) is 4.27. The summed E-state index contributed by atoms with van der Waals surface area (Å²) in [6.07, 6.45) is 4.74. The van der Waals surface area contributed by atoms with Crippen molar-refractivity contribution in [2.75, 3.05) is 37.8 Å². The number of hydrogen-bond donors (Lipinski definition) is 1. The molecule has 0 spiro atoms. The van der Waals surface area contributed by atoms with Crippen molar-refractivity contribution in [2.24, 2.45) is 0 Å². The van der Waals surface area contributed by atoms with Crippen LogP contribution in [0.4, 0.5) is 10.5 Å². The minimum absolute atomic E-state index is 0.157. The summed E-state index contributed by atoms with van der Waals surface area (Å²) in [5, 5.41) is 2.77. The van der Waals surface area contributed by atoms with Crippen molar-refractivity contribution in [3.63, 3.8) is 0 Å². The smallest absolute Gasteiger partial charge is 0.321 e. The standard InChI is InChI=1S/C16H23N3O3S/c1-23(21,22)15-8-3-2-7-14(15)17-16(20)19-11-10-18-9-5-4-6-13(18)12-19/h2-3,7-8,13H,4-6,9-12H2,1H3,(H,17,20)/t13-/m1/s1. The monoisotopic (exact) mass is 337 g/mol. The van der Waals surface area contributed by atoms with Gasteiger partial charge in [-0.2, -0.15) is 0 Å². The van der Waals surface area contributed by atoms with E-state index in [2.05, 4.69) is 10.2 Å². The van der Waals surface area contributed by atoms with Gasteiger partial charge in [-0.3, -0.25) is 4.90 Å². The highest BCUT2D eigenvalue weighted by Gasteiger charge is 2.31. The number of urea groups is 1. The molecule has 2 aliphatic heterocycles. The highest BCUT2D eigenvalue weighted by atomic mass is 32.2. The van der Waals surface area contributed by atoms with Crippen molar-refractivity contribution < 1.29 is 13.2 Å². The van der Waals surface area contributed by atoms with Gasteiger partial charge in [0.05, 0.1) is 10.6 Å². The molecule has 1 aromatic rings. The number of carbonyl (C=O) groups is 1. The van der Waals surface area contributed by atoms with E-state index in [4.69, 9.17) is 0 Å². The lowest BCUT2D eigenvalue weighted by Gasteiger charge is -2.43. The molecule has 1 aromatic carbocycles. The van der Waals surface area contributed by atoms with E-state index in [1.54, 1.807) is 23.1 Å². The molecule has 23 heavy (non-hydrogen) atoms. The van der Waals surface area contributed by atoms with Crippen LogP contribution in [0.3, 0.4) is 0 Å². The molecule has 3 rings (SSSR count). The third-order valence-electron chi connectivity index (χ3n) is 4.65. The Morgan fingerprint density at radius 3 is 2.74 bits per heavy atom. The van der Waals surface area contributed by atoms with Gasteiger partial charge in [-0.15, -0.1) is 0 Å². The number of carbonyl (C=O) groups excluding carboxylic acids is 1. The predicted octanol–water partition coefficient (Wildman–Crippen LogP) is 1.79. The summed E-state index contributed by atoms with van der Waals surface area (Å²) < 4.78 is 23.7. The lowest BCUT2D eigenvalue weighted by Crippen LogP contribution is -2.56. The minimum atomic E-state index is -3.37. The quantitative estimate of drug-likeness (QED) is 0.893. The highest BCUT2D eigenvalue weighted by Crippen LogP contribution is 2.23. The van der Waals surface area contributed by atoms with Crippen LogP contribution in [0.5, 0.6) is 0 Å². The van der Waals surface area contributed by atoms with Crippen LogP contribution in [0, 0.1) is 0 Å². The summed E-state index contributed by atoms with van der Waals surface area (Å²) in [6.45, 7) is 3.42. The Morgan fingerprint density at radius 1 is 1.17 bits per heavy atom. The largest absolute Gasteiger partial charge is 0.322 e. The fourth-order valence-electron chi connectivity index (χ4n) is 3.43. The first-order valence-corrected chi connectivity index (χ1v) is 9.93. The normalized spacial score (nSPS) is 22.5. The Kier molecular flexibility index (Phi) is 4.59. The molecule has 0 radical (unpaired) electrons. The third-order valence-corrected chi connectivity index (χ3v) is 5.81. The molecule has 6 nitrogen and oxygen atoms in total. The highest BCUT2D eigenvalue weighted by molar-refractivity contribution is 7.90. The van der Waals surface area contributed by atoms with Crippen LogP contribution in [-0.2, 0) is 9.84 Å². The van der Waals surface area contributed by atoms with Gasteiger partial charge in [-0.25, -0.2) is 13.2 Å². The topological polar surface area (TPSA) is 69.7 Å². The number of sulfone groups is 1. The second-order valence-electron chi connectivity index (χ2n) is 6.33. The molecule has 0 aromatic heterocycles. The Morgan fingerprint density at radius 2 is 1.96 bits per heavy atom. The van der Waals surface area contributed by atoms with E-state index in [-0.39, 0.29) is 10.9 Å². The SMILES string of the molecule is CS(=O)(=O)c1ccccc1NC(=O)N1CCN2CCCC[C@@H]2C1. The lowest BCUT2D eigenvalue weighted by molar-refractivity contribution is 0.0678. The lowest BCUT2D eigenvalue weighted by atomic mass is 10.00. The summed E-state index contributed by atoms with van der Waals surface area (Å²) in [4.78, 5) is 16.9. The molecule has 2 heterocycles. The Hall–Kier alpha value is -1.60. The molecule has 7 heteroatoms. The Labute approximate surface area is 137 Å². The number of anilines is 1. The molecule has 0 bridgehead atoms. The number of piperazine rings is 1. The molecule has 2 amide bonds. The van der Waals surface area contributed by atoms with Gasteiger partial charge in [-0.05, 0) is 31.5 Å². The summed E-state index contributed by atoms with van der Waals surface area (Å²) in [5.74, 6) is 0. The molecule has 2 fully saturated rings. The predicted molar refractivity (Wildman–Crippen MR) is 89.4 cm³/mol. The first-order valence-electron chi connectivity index (χ1n) is 8.04. The van der Waals surface area contributed by atoms with Crippen LogP contribution < -0.4 is 5.32 Å². The maximum absolute atomic E-state index is 12.5. The van der Waals surface area contributed by atoms with Gasteiger partial charge < -0.3 is 10.2 Å². The molecule has 2 aliphatic rings. The Bertz CT molecular complexity index is 690. The minimum Gasteiger partial charge on any atom is -0.322 e. The van der Waals surface area contributed by atoms with Crippen molar-refractivity contribution in [1.82, 2.24) is 9.80 Å². The van der Waals surface area contributed by atoms with Gasteiger partial charge in [0.2, 0.25) is 0 Å². The molecule has 1 N–H and O–H groups in total. The van der Waals surface area contributed by atoms with Crippen LogP contribution in [0.1, 0.15) is 19.3 Å². The van der Waals surface area contributed by atoms with E-state index in [1.165, 1.54) is 18.9 Å². The van der Waals surface area contributed by atoms with Gasteiger partial charge in [0, 0.05) is 31.9 Å². The maximum Gasteiger partial charge on any atom is 0.321 e. The number of fused-ring (bicyclic) bond motifs is 1. The van der Waals surface area contributed by atoms with Gasteiger partial charge in [0.1, 0.15) is 0 Å². The summed E-state index contributed by atoms with van der Waals surface area (Å²) in [5.41, 5.74) is 0.353. The second-order valence-corrected chi connectivity index (χ2v) is 8.31. The van der Waals surface area contributed by atoms with Crippen LogP contribution in [0.25, 0.3) is 0 Å². The number of nitrogens with one attached hydrogen (secondary N) is 1. The van der Waals surface area contributed by atoms with Gasteiger partial charge in [0.15, 0.2) is 9.84 Å². The van der Waals surface area contributed by atoms with E-state index in [0.717, 1.165) is 25.8 Å². The van der Waals surface area contributed by atoms with E-state index in [1.807, 2.05) is 0 Å². The number of amides is 2. The summed E-state index contributed by atoms with van der Waals surface area (Å²) in [7, 11) is -3.37. The van der Waals surface area contributed by atoms with Gasteiger partial charge >= 0.3 is 6.03 Å². The van der Waals surface area contributed by atoms with E-state index in [9.17, 15) is 13.2 Å². The number of para-hydroxylation sites is 1. The molecular weight excluding hydrogens is 314 g/mol. The maximum atomic E-state index is 12.5. The van der Waals surface area contributed by atoms with E-state index >= 15 is 0 Å². The van der Waals surface area contributed by atoms with Crippen LogP contribution in [0.15, 0.2) is 29.2 Å². The molecule has 0 saturated carbocycles. The van der Waals surface area contributed by atoms with Gasteiger partial charge in [0.25, 0.3) is 0 Å². The fraction of sp³-hybridized carbons (Fsp3) is 0.562. The third kappa shape index (κ3) is 3.67. The number of hydrogen-bond acceptors (Lipinski definition) is 4. The molecule has 0 unspecified atom stereocenters. The van der Waals surface area contributed by atoms with Crippen molar-refractivity contribution in [1.29, 1.82) is 0 Å². The number of piperidine rings is 1. The summed E-state index contributed by atoms with van der Waals surface area (Å²) >= 11 is 0.